The van der Waals surface area contributed by atoms with Crippen LogP contribution in [-0.2, 0) is 9.53 Å². The van der Waals surface area contributed by atoms with Crippen LogP contribution in [0.2, 0.25) is 0 Å². The van der Waals surface area contributed by atoms with E-state index < -0.39 is 0 Å². The Kier molecular flexibility index (Phi) is 5.83. The number of imidazole rings is 1. The van der Waals surface area contributed by atoms with Crippen molar-refractivity contribution < 1.29 is 9.53 Å². The summed E-state index contributed by atoms with van der Waals surface area (Å²) in [5.41, 5.74) is 2.41. The minimum atomic E-state index is -0.235. The van der Waals surface area contributed by atoms with Gasteiger partial charge in [0, 0.05) is 11.7 Å². The fraction of sp³-hybridized carbons (Fsp3) is 0.632. The molecular weight excluding hydrogens is 316 g/mol. The number of aromatic nitrogens is 3. The SMILES string of the molecule is C.Cc1ccc2nc(NC(=O)CCOC(C)(C)C)n(C3CCC3)c2n1. The minimum Gasteiger partial charge on any atom is -0.375 e. The van der Waals surface area contributed by atoms with Gasteiger partial charge in [-0.15, -0.1) is 0 Å². The van der Waals surface area contributed by atoms with Gasteiger partial charge in [-0.1, -0.05) is 7.43 Å². The zero-order valence-corrected chi connectivity index (χ0v) is 14.9. The minimum absolute atomic E-state index is 0. The fourth-order valence-electron chi connectivity index (χ4n) is 2.78. The topological polar surface area (TPSA) is 69.0 Å². The molecule has 0 spiro atoms. The second kappa shape index (κ2) is 7.52. The van der Waals surface area contributed by atoms with Crippen molar-refractivity contribution in [1.29, 1.82) is 0 Å². The lowest BCUT2D eigenvalue weighted by molar-refractivity contribution is -0.118. The smallest absolute Gasteiger partial charge is 0.229 e. The van der Waals surface area contributed by atoms with Crippen molar-refractivity contribution in [3.05, 3.63) is 17.8 Å². The Balaban J connectivity index is 0.00000225. The monoisotopic (exact) mass is 346 g/mol. The molecule has 1 fully saturated rings. The first kappa shape index (κ1) is 19.4. The molecule has 0 radical (unpaired) electrons. The highest BCUT2D eigenvalue weighted by molar-refractivity contribution is 5.91. The molecule has 138 valence electrons. The molecule has 6 heteroatoms. The molecular formula is C19H30N4O2. The highest BCUT2D eigenvalue weighted by Crippen LogP contribution is 2.36. The molecule has 1 N–H and O–H groups in total. The van der Waals surface area contributed by atoms with Crippen molar-refractivity contribution in [2.24, 2.45) is 0 Å². The molecule has 0 bridgehead atoms. The summed E-state index contributed by atoms with van der Waals surface area (Å²) < 4.78 is 7.71. The Morgan fingerprint density at radius 1 is 1.32 bits per heavy atom. The van der Waals surface area contributed by atoms with E-state index in [1.54, 1.807) is 0 Å². The van der Waals surface area contributed by atoms with E-state index in [9.17, 15) is 4.79 Å². The Labute approximate surface area is 150 Å². The van der Waals surface area contributed by atoms with Crippen LogP contribution in [0.3, 0.4) is 0 Å². The van der Waals surface area contributed by atoms with Crippen LogP contribution in [0.15, 0.2) is 12.1 Å². The summed E-state index contributed by atoms with van der Waals surface area (Å²) in [4.78, 5) is 21.5. The number of nitrogens with zero attached hydrogens (tertiary/aromatic N) is 3. The average Bonchev–Trinajstić information content (AvgIpc) is 2.73. The molecule has 0 unspecified atom stereocenters. The van der Waals surface area contributed by atoms with Crippen molar-refractivity contribution in [3.63, 3.8) is 0 Å². The van der Waals surface area contributed by atoms with E-state index in [1.807, 2.05) is 39.8 Å². The van der Waals surface area contributed by atoms with Gasteiger partial charge >= 0.3 is 0 Å². The zero-order chi connectivity index (χ0) is 17.3. The van der Waals surface area contributed by atoms with Gasteiger partial charge in [-0.3, -0.25) is 14.7 Å². The third-order valence-electron chi connectivity index (χ3n) is 4.23. The molecule has 1 aliphatic carbocycles. The lowest BCUT2D eigenvalue weighted by Crippen LogP contribution is -2.25. The van der Waals surface area contributed by atoms with Gasteiger partial charge in [0.1, 0.15) is 5.52 Å². The first-order chi connectivity index (χ1) is 11.3. The molecule has 25 heavy (non-hydrogen) atoms. The highest BCUT2D eigenvalue weighted by atomic mass is 16.5. The van der Waals surface area contributed by atoms with Crippen LogP contribution in [-0.4, -0.2) is 32.7 Å². The van der Waals surface area contributed by atoms with Gasteiger partial charge in [-0.2, -0.15) is 0 Å². The van der Waals surface area contributed by atoms with E-state index in [2.05, 4.69) is 19.9 Å². The molecule has 3 rings (SSSR count). The molecule has 0 atom stereocenters. The first-order valence-corrected chi connectivity index (χ1v) is 8.63. The van der Waals surface area contributed by atoms with E-state index in [0.29, 0.717) is 25.0 Å². The normalized spacial score (nSPS) is 14.9. The molecule has 1 amide bonds. The van der Waals surface area contributed by atoms with E-state index in [1.165, 1.54) is 6.42 Å². The van der Waals surface area contributed by atoms with Crippen LogP contribution in [0.5, 0.6) is 0 Å². The number of anilines is 1. The third-order valence-corrected chi connectivity index (χ3v) is 4.23. The Morgan fingerprint density at radius 3 is 2.64 bits per heavy atom. The number of carbonyl (C=O) groups is 1. The Hall–Kier alpha value is -1.95. The van der Waals surface area contributed by atoms with Crippen LogP contribution in [0.25, 0.3) is 11.2 Å². The van der Waals surface area contributed by atoms with Gasteiger partial charge in [0.05, 0.1) is 18.6 Å². The number of ether oxygens (including phenoxy) is 1. The Morgan fingerprint density at radius 2 is 2.04 bits per heavy atom. The predicted molar refractivity (Wildman–Crippen MR) is 101 cm³/mol. The number of aryl methyl sites for hydroxylation is 1. The average molecular weight is 346 g/mol. The van der Waals surface area contributed by atoms with Crippen LogP contribution in [0.4, 0.5) is 5.95 Å². The van der Waals surface area contributed by atoms with E-state index in [4.69, 9.17) is 4.74 Å². The molecule has 1 aliphatic rings. The number of carbonyl (C=O) groups excluding carboxylic acids is 1. The van der Waals surface area contributed by atoms with E-state index >= 15 is 0 Å². The van der Waals surface area contributed by atoms with Crippen LogP contribution < -0.4 is 5.32 Å². The number of nitrogens with one attached hydrogen (secondary N) is 1. The predicted octanol–water partition coefficient (Wildman–Crippen LogP) is 4.24. The highest BCUT2D eigenvalue weighted by Gasteiger charge is 2.26. The van der Waals surface area contributed by atoms with Gasteiger partial charge < -0.3 is 4.74 Å². The van der Waals surface area contributed by atoms with Crippen LogP contribution >= 0.6 is 0 Å². The molecule has 2 heterocycles. The number of hydrogen-bond acceptors (Lipinski definition) is 4. The summed E-state index contributed by atoms with van der Waals surface area (Å²) in [5, 5.41) is 2.95. The number of pyridine rings is 1. The maximum Gasteiger partial charge on any atom is 0.229 e. The first-order valence-electron chi connectivity index (χ1n) is 8.63. The van der Waals surface area contributed by atoms with Crippen LogP contribution in [0.1, 0.15) is 65.6 Å². The molecule has 2 aromatic rings. The summed E-state index contributed by atoms with van der Waals surface area (Å²) in [6.45, 7) is 8.31. The number of amides is 1. The summed E-state index contributed by atoms with van der Waals surface area (Å²) >= 11 is 0. The van der Waals surface area contributed by atoms with Crippen LogP contribution in [0, 0.1) is 6.92 Å². The summed E-state index contributed by atoms with van der Waals surface area (Å²) in [6.07, 6.45) is 3.74. The van der Waals surface area contributed by atoms with Crippen molar-refractivity contribution in [2.75, 3.05) is 11.9 Å². The lowest BCUT2D eigenvalue weighted by Gasteiger charge is -2.28. The van der Waals surface area contributed by atoms with Crippen molar-refractivity contribution in [2.45, 2.75) is 72.4 Å². The van der Waals surface area contributed by atoms with Gasteiger partial charge in [0.2, 0.25) is 11.9 Å². The quantitative estimate of drug-likeness (QED) is 0.879. The molecule has 6 nitrogen and oxygen atoms in total. The van der Waals surface area contributed by atoms with Gasteiger partial charge in [0.15, 0.2) is 5.65 Å². The Bertz CT molecular complexity index is 742. The lowest BCUT2D eigenvalue weighted by atomic mass is 9.93. The summed E-state index contributed by atoms with van der Waals surface area (Å²) in [6, 6.07) is 4.29. The second-order valence-electron chi connectivity index (χ2n) is 7.44. The van der Waals surface area contributed by atoms with Gasteiger partial charge in [-0.05, 0) is 59.1 Å². The second-order valence-corrected chi connectivity index (χ2v) is 7.44. The largest absolute Gasteiger partial charge is 0.375 e. The molecule has 2 aromatic heterocycles. The zero-order valence-electron chi connectivity index (χ0n) is 14.9. The van der Waals surface area contributed by atoms with Crippen molar-refractivity contribution in [1.82, 2.24) is 14.5 Å². The van der Waals surface area contributed by atoms with E-state index in [-0.39, 0.29) is 18.9 Å². The van der Waals surface area contributed by atoms with Gasteiger partial charge in [0.25, 0.3) is 0 Å². The number of hydrogen-bond donors (Lipinski definition) is 1. The summed E-state index contributed by atoms with van der Waals surface area (Å²) in [7, 11) is 0. The molecule has 1 saturated carbocycles. The molecule has 0 aliphatic heterocycles. The van der Waals surface area contributed by atoms with Crippen molar-refractivity contribution in [3.8, 4) is 0 Å². The number of fused-ring (bicyclic) bond motifs is 1. The number of rotatable bonds is 5. The standard InChI is InChI=1S/C18H26N4O2.CH4/c1-12-8-9-14-16(19-12)22(13-6-5-7-13)17(20-14)21-15(23)10-11-24-18(2,3)4;/h8-9,13H,5-7,10-11H2,1-4H3,(H,20,21,23);1H4. The maximum absolute atomic E-state index is 12.3. The molecule has 0 aromatic carbocycles. The molecule has 0 saturated heterocycles. The third kappa shape index (κ3) is 4.57. The fourth-order valence-corrected chi connectivity index (χ4v) is 2.78. The van der Waals surface area contributed by atoms with E-state index in [0.717, 1.165) is 29.7 Å². The van der Waals surface area contributed by atoms with Gasteiger partial charge in [-0.25, -0.2) is 9.97 Å². The maximum atomic E-state index is 12.3. The summed E-state index contributed by atoms with van der Waals surface area (Å²) in [5.74, 6) is 0.528. The van der Waals surface area contributed by atoms with Crippen molar-refractivity contribution >= 4 is 23.0 Å².